The molecule has 0 spiro atoms. The third-order valence-corrected chi connectivity index (χ3v) is 3.52. The predicted molar refractivity (Wildman–Crippen MR) is 70.1 cm³/mol. The minimum absolute atomic E-state index is 0.0994. The van der Waals surface area contributed by atoms with Crippen LogP contribution in [0.25, 0.3) is 0 Å². The number of Topliss-reactive ketones (excluding diaryl/α,β-unsaturated/α-hetero) is 1. The van der Waals surface area contributed by atoms with Crippen LogP contribution < -0.4 is 4.90 Å². The van der Waals surface area contributed by atoms with Crippen LogP contribution in [0.5, 0.6) is 0 Å². The molecule has 0 aliphatic carbocycles. The Hall–Kier alpha value is -2.21. The molecule has 1 aromatic carbocycles. The number of imidazole rings is 1. The fourth-order valence-corrected chi connectivity index (χ4v) is 2.30. The summed E-state index contributed by atoms with van der Waals surface area (Å²) in [5.41, 5.74) is 0.348. The van der Waals surface area contributed by atoms with Crippen molar-refractivity contribution < 1.29 is 14.0 Å². The molecule has 1 aromatic heterocycles. The number of fused-ring (bicyclic) bond motifs is 1. The van der Waals surface area contributed by atoms with Gasteiger partial charge >= 0.3 is 0 Å². The zero-order valence-electron chi connectivity index (χ0n) is 10.4. The third kappa shape index (κ3) is 1.80. The smallest absolute Gasteiger partial charge is 0.299 e. The molecule has 3 rings (SSSR count). The standard InChI is InChI=1S/C13H9ClFN3O2/c1-17-3-2-16-11(17)6-18-10-5-9(15)8(14)4-7(10)12(19)13(18)20/h2-5H,6H2,1H3. The summed E-state index contributed by atoms with van der Waals surface area (Å²) in [6, 6.07) is 2.29. The van der Waals surface area contributed by atoms with E-state index in [4.69, 9.17) is 11.6 Å². The number of anilines is 1. The number of aromatic nitrogens is 2. The number of ketones is 1. The summed E-state index contributed by atoms with van der Waals surface area (Å²) >= 11 is 5.65. The number of rotatable bonds is 2. The minimum atomic E-state index is -0.704. The topological polar surface area (TPSA) is 55.2 Å². The Kier molecular flexibility index (Phi) is 2.83. The number of amides is 1. The highest BCUT2D eigenvalue weighted by molar-refractivity contribution is 6.52. The molecule has 0 bridgehead atoms. The summed E-state index contributed by atoms with van der Waals surface area (Å²) in [4.78, 5) is 29.2. The summed E-state index contributed by atoms with van der Waals surface area (Å²) < 4.78 is 15.3. The van der Waals surface area contributed by atoms with Crippen molar-refractivity contribution in [3.8, 4) is 0 Å². The molecule has 2 aromatic rings. The molecule has 0 fully saturated rings. The molecular weight excluding hydrogens is 285 g/mol. The van der Waals surface area contributed by atoms with E-state index in [9.17, 15) is 14.0 Å². The van der Waals surface area contributed by atoms with Crippen LogP contribution >= 0.6 is 11.6 Å². The zero-order chi connectivity index (χ0) is 14.4. The monoisotopic (exact) mass is 293 g/mol. The molecule has 7 heteroatoms. The van der Waals surface area contributed by atoms with Gasteiger partial charge in [-0.15, -0.1) is 0 Å². The van der Waals surface area contributed by atoms with E-state index in [2.05, 4.69) is 4.98 Å². The van der Waals surface area contributed by atoms with Gasteiger partial charge in [0.2, 0.25) is 0 Å². The molecule has 1 aliphatic heterocycles. The van der Waals surface area contributed by atoms with Gasteiger partial charge < -0.3 is 4.57 Å². The molecule has 0 saturated heterocycles. The third-order valence-electron chi connectivity index (χ3n) is 3.23. The fourth-order valence-electron chi connectivity index (χ4n) is 2.14. The van der Waals surface area contributed by atoms with Crippen molar-refractivity contribution in [3.05, 3.63) is 46.8 Å². The Morgan fingerprint density at radius 2 is 2.10 bits per heavy atom. The lowest BCUT2D eigenvalue weighted by atomic mass is 10.1. The number of nitrogens with zero attached hydrogens (tertiary/aromatic N) is 3. The number of carbonyl (C=O) groups is 2. The summed E-state index contributed by atoms with van der Waals surface area (Å²) in [6.45, 7) is 0.0994. The summed E-state index contributed by atoms with van der Waals surface area (Å²) in [7, 11) is 1.77. The molecule has 1 amide bonds. The molecule has 5 nitrogen and oxygen atoms in total. The van der Waals surface area contributed by atoms with Crippen LogP contribution in [0, 0.1) is 5.82 Å². The van der Waals surface area contributed by atoms with E-state index in [1.54, 1.807) is 24.0 Å². The van der Waals surface area contributed by atoms with Gasteiger partial charge in [0.25, 0.3) is 11.7 Å². The van der Waals surface area contributed by atoms with Gasteiger partial charge in [0, 0.05) is 19.4 Å². The lowest BCUT2D eigenvalue weighted by Crippen LogP contribution is -2.30. The fraction of sp³-hybridized carbons (Fsp3) is 0.154. The van der Waals surface area contributed by atoms with Crippen LogP contribution in [-0.4, -0.2) is 21.2 Å². The number of hydrogen-bond acceptors (Lipinski definition) is 3. The maximum Gasteiger partial charge on any atom is 0.299 e. The van der Waals surface area contributed by atoms with E-state index in [1.165, 1.54) is 11.0 Å². The van der Waals surface area contributed by atoms with E-state index in [1.807, 2.05) is 0 Å². The van der Waals surface area contributed by atoms with E-state index in [0.29, 0.717) is 5.82 Å². The van der Waals surface area contributed by atoms with Gasteiger partial charge in [-0.2, -0.15) is 0 Å². The molecular formula is C13H9ClFN3O2. The van der Waals surface area contributed by atoms with E-state index >= 15 is 0 Å². The van der Waals surface area contributed by atoms with Crippen molar-refractivity contribution in [1.29, 1.82) is 0 Å². The summed E-state index contributed by atoms with van der Waals surface area (Å²) in [5.74, 6) is -1.46. The maximum atomic E-state index is 13.6. The van der Waals surface area contributed by atoms with Gasteiger partial charge in [-0.25, -0.2) is 9.37 Å². The quantitative estimate of drug-likeness (QED) is 0.795. The summed E-state index contributed by atoms with van der Waals surface area (Å²) in [6.07, 6.45) is 3.31. The minimum Gasteiger partial charge on any atom is -0.337 e. The van der Waals surface area contributed by atoms with Gasteiger partial charge in [-0.1, -0.05) is 11.6 Å². The number of benzene rings is 1. The first kappa shape index (κ1) is 12.8. The molecule has 0 radical (unpaired) electrons. The van der Waals surface area contributed by atoms with E-state index in [-0.39, 0.29) is 22.8 Å². The van der Waals surface area contributed by atoms with Crippen molar-refractivity contribution >= 4 is 29.0 Å². The molecule has 2 heterocycles. The highest BCUT2D eigenvalue weighted by Crippen LogP contribution is 2.33. The maximum absolute atomic E-state index is 13.6. The van der Waals surface area contributed by atoms with Gasteiger partial charge in [-0.3, -0.25) is 14.5 Å². The molecule has 0 N–H and O–H groups in total. The van der Waals surface area contributed by atoms with Crippen molar-refractivity contribution in [1.82, 2.24) is 9.55 Å². The molecule has 20 heavy (non-hydrogen) atoms. The average molecular weight is 294 g/mol. The number of hydrogen-bond donors (Lipinski definition) is 0. The molecule has 0 saturated carbocycles. The first-order chi connectivity index (χ1) is 9.49. The van der Waals surface area contributed by atoms with E-state index < -0.39 is 17.5 Å². The largest absolute Gasteiger partial charge is 0.337 e. The van der Waals surface area contributed by atoms with Crippen molar-refractivity contribution in [2.75, 3.05) is 4.90 Å². The summed E-state index contributed by atoms with van der Waals surface area (Å²) in [5, 5.41) is -0.177. The molecule has 1 aliphatic rings. The van der Waals surface area contributed by atoms with Crippen LogP contribution in [0.15, 0.2) is 24.5 Å². The molecule has 0 unspecified atom stereocenters. The number of aryl methyl sites for hydroxylation is 1. The van der Waals surface area contributed by atoms with Crippen LogP contribution in [0.2, 0.25) is 5.02 Å². The molecule has 102 valence electrons. The first-order valence-electron chi connectivity index (χ1n) is 5.80. The first-order valence-corrected chi connectivity index (χ1v) is 6.18. The number of halogens is 2. The van der Waals surface area contributed by atoms with Crippen LogP contribution in [0.4, 0.5) is 10.1 Å². The van der Waals surface area contributed by atoms with Gasteiger partial charge in [-0.05, 0) is 12.1 Å². The second kappa shape index (κ2) is 4.42. The predicted octanol–water partition coefficient (Wildman–Crippen LogP) is 1.94. The van der Waals surface area contributed by atoms with Crippen molar-refractivity contribution in [2.24, 2.45) is 7.05 Å². The highest BCUT2D eigenvalue weighted by atomic mass is 35.5. The zero-order valence-corrected chi connectivity index (χ0v) is 11.2. The Labute approximate surface area is 118 Å². The average Bonchev–Trinajstić information content (AvgIpc) is 2.90. The second-order valence-corrected chi connectivity index (χ2v) is 4.87. The van der Waals surface area contributed by atoms with Gasteiger partial charge in [0.1, 0.15) is 11.6 Å². The number of carbonyl (C=O) groups excluding carboxylic acids is 2. The van der Waals surface area contributed by atoms with Crippen molar-refractivity contribution in [3.63, 3.8) is 0 Å². The Bertz CT molecular complexity index is 741. The van der Waals surface area contributed by atoms with E-state index in [0.717, 1.165) is 6.07 Å². The van der Waals surface area contributed by atoms with Crippen LogP contribution in [0.1, 0.15) is 16.2 Å². The Morgan fingerprint density at radius 1 is 1.35 bits per heavy atom. The normalized spacial score (nSPS) is 14.1. The van der Waals surface area contributed by atoms with Crippen LogP contribution in [-0.2, 0) is 18.4 Å². The van der Waals surface area contributed by atoms with Gasteiger partial charge in [0.15, 0.2) is 0 Å². The van der Waals surface area contributed by atoms with Crippen LogP contribution in [0.3, 0.4) is 0 Å². The lowest BCUT2D eigenvalue weighted by Gasteiger charge is -2.16. The lowest BCUT2D eigenvalue weighted by molar-refractivity contribution is -0.114. The van der Waals surface area contributed by atoms with Gasteiger partial charge in [0.05, 0.1) is 22.8 Å². The Morgan fingerprint density at radius 3 is 2.75 bits per heavy atom. The highest BCUT2D eigenvalue weighted by Gasteiger charge is 2.37. The Balaban J connectivity index is 2.06. The molecule has 0 atom stereocenters. The second-order valence-electron chi connectivity index (χ2n) is 4.46. The SMILES string of the molecule is Cn1ccnc1CN1C(=O)C(=O)c2cc(Cl)c(F)cc21. The van der Waals surface area contributed by atoms with Crippen molar-refractivity contribution in [2.45, 2.75) is 6.54 Å².